The van der Waals surface area contributed by atoms with E-state index in [1.165, 1.54) is 0 Å². The van der Waals surface area contributed by atoms with Crippen molar-refractivity contribution in [1.29, 1.82) is 0 Å². The molecule has 1 aromatic rings. The molecule has 0 bridgehead atoms. The highest BCUT2D eigenvalue weighted by Gasteiger charge is 2.17. The zero-order chi connectivity index (χ0) is 13.8. The Morgan fingerprint density at radius 2 is 1.89 bits per heavy atom. The quantitative estimate of drug-likeness (QED) is 0.864. The molecule has 0 aliphatic heterocycles. The molecule has 1 unspecified atom stereocenters. The van der Waals surface area contributed by atoms with Gasteiger partial charge in [0.05, 0.1) is 6.10 Å². The van der Waals surface area contributed by atoms with Crippen molar-refractivity contribution in [3.63, 3.8) is 0 Å². The molecule has 0 aliphatic rings. The highest BCUT2D eigenvalue weighted by atomic mass is 79.9. The lowest BCUT2D eigenvalue weighted by atomic mass is 10.1. The van der Waals surface area contributed by atoms with Crippen LogP contribution in [-0.4, -0.2) is 16.7 Å². The Kier molecular flexibility index (Phi) is 5.35. The number of ether oxygens (including phenoxy) is 1. The number of esters is 1. The number of aliphatic hydroxyl groups excluding tert-OH is 1. The van der Waals surface area contributed by atoms with E-state index in [2.05, 4.69) is 15.9 Å². The Hall–Kier alpha value is -0.870. The number of rotatable bonds is 4. The van der Waals surface area contributed by atoms with Crippen LogP contribution in [-0.2, 0) is 9.53 Å². The molecule has 0 saturated heterocycles. The van der Waals surface area contributed by atoms with E-state index in [-0.39, 0.29) is 12.4 Å². The summed E-state index contributed by atoms with van der Waals surface area (Å²) in [5.74, 6) is -0.279. The third kappa shape index (κ3) is 5.65. The van der Waals surface area contributed by atoms with Crippen LogP contribution in [0.5, 0.6) is 0 Å². The third-order valence-electron chi connectivity index (χ3n) is 2.30. The van der Waals surface area contributed by atoms with Crippen LogP contribution in [0.15, 0.2) is 28.7 Å². The summed E-state index contributed by atoms with van der Waals surface area (Å²) in [5.41, 5.74) is 0.335. The van der Waals surface area contributed by atoms with Gasteiger partial charge < -0.3 is 9.84 Å². The number of hydrogen-bond donors (Lipinski definition) is 1. The van der Waals surface area contributed by atoms with E-state index in [1.54, 1.807) is 0 Å². The van der Waals surface area contributed by atoms with Crippen LogP contribution in [0.1, 0.15) is 45.3 Å². The Labute approximate surface area is 116 Å². The van der Waals surface area contributed by atoms with Crippen LogP contribution < -0.4 is 0 Å². The van der Waals surface area contributed by atoms with Gasteiger partial charge in [0.25, 0.3) is 0 Å². The van der Waals surface area contributed by atoms with E-state index in [9.17, 15) is 9.90 Å². The number of aliphatic hydroxyl groups is 1. The molecule has 0 fully saturated rings. The lowest BCUT2D eigenvalue weighted by molar-refractivity contribution is -0.155. The van der Waals surface area contributed by atoms with Crippen LogP contribution in [0.3, 0.4) is 0 Å². The molecule has 0 radical (unpaired) electrons. The van der Waals surface area contributed by atoms with Gasteiger partial charge in [0.1, 0.15) is 5.60 Å². The maximum absolute atomic E-state index is 11.5. The van der Waals surface area contributed by atoms with Crippen molar-refractivity contribution in [1.82, 2.24) is 0 Å². The van der Waals surface area contributed by atoms with E-state index in [0.29, 0.717) is 6.42 Å². The standard InChI is InChI=1S/C14H19BrO3/c1-14(2,3)18-13(17)9-8-12(16)10-4-6-11(15)7-5-10/h4-7,12,16H,8-9H2,1-3H3. The molecule has 0 aliphatic carbocycles. The highest BCUT2D eigenvalue weighted by Crippen LogP contribution is 2.21. The van der Waals surface area contributed by atoms with Gasteiger partial charge in [0.15, 0.2) is 0 Å². The van der Waals surface area contributed by atoms with Crippen molar-refractivity contribution in [3.05, 3.63) is 34.3 Å². The SMILES string of the molecule is CC(C)(C)OC(=O)CCC(O)c1ccc(Br)cc1. The molecule has 0 spiro atoms. The minimum absolute atomic E-state index is 0.217. The first kappa shape index (κ1) is 15.2. The van der Waals surface area contributed by atoms with Crippen LogP contribution in [0.25, 0.3) is 0 Å². The Balaban J connectivity index is 2.44. The molecule has 0 saturated carbocycles. The molecule has 1 atom stereocenters. The number of carbonyl (C=O) groups excluding carboxylic acids is 1. The summed E-state index contributed by atoms with van der Waals surface area (Å²) in [6.07, 6.45) is -0.0453. The fourth-order valence-corrected chi connectivity index (χ4v) is 1.76. The van der Waals surface area contributed by atoms with Crippen LogP contribution in [0.2, 0.25) is 0 Å². The molecule has 0 aromatic heterocycles. The number of hydrogen-bond acceptors (Lipinski definition) is 3. The van der Waals surface area contributed by atoms with Gasteiger partial charge >= 0.3 is 5.97 Å². The second kappa shape index (κ2) is 6.34. The third-order valence-corrected chi connectivity index (χ3v) is 2.83. The molecule has 1 rings (SSSR count). The van der Waals surface area contributed by atoms with Crippen LogP contribution in [0, 0.1) is 0 Å². The Morgan fingerprint density at radius 3 is 2.39 bits per heavy atom. The van der Waals surface area contributed by atoms with Gasteiger partial charge in [-0.25, -0.2) is 0 Å². The maximum Gasteiger partial charge on any atom is 0.306 e. The lowest BCUT2D eigenvalue weighted by Crippen LogP contribution is -2.24. The van der Waals surface area contributed by atoms with Crippen molar-refractivity contribution >= 4 is 21.9 Å². The molecule has 100 valence electrons. The molecule has 1 aromatic carbocycles. The minimum atomic E-state index is -0.634. The normalized spacial score (nSPS) is 13.2. The summed E-state index contributed by atoms with van der Waals surface area (Å²) in [5, 5.41) is 9.94. The summed E-state index contributed by atoms with van der Waals surface area (Å²) >= 11 is 3.33. The molecular formula is C14H19BrO3. The van der Waals surface area contributed by atoms with Crippen molar-refractivity contribution in [2.24, 2.45) is 0 Å². The first-order chi connectivity index (χ1) is 8.28. The molecule has 1 N–H and O–H groups in total. The fourth-order valence-electron chi connectivity index (χ4n) is 1.50. The molecule has 0 heterocycles. The maximum atomic E-state index is 11.5. The van der Waals surface area contributed by atoms with Crippen molar-refractivity contribution in [2.45, 2.75) is 45.3 Å². The summed E-state index contributed by atoms with van der Waals surface area (Å²) in [4.78, 5) is 11.5. The second-order valence-electron chi connectivity index (χ2n) is 5.19. The fraction of sp³-hybridized carbons (Fsp3) is 0.500. The Morgan fingerprint density at radius 1 is 1.33 bits per heavy atom. The van der Waals surface area contributed by atoms with Gasteiger partial charge in [0.2, 0.25) is 0 Å². The van der Waals surface area contributed by atoms with Gasteiger partial charge in [0, 0.05) is 10.9 Å². The van der Waals surface area contributed by atoms with E-state index in [4.69, 9.17) is 4.74 Å². The van der Waals surface area contributed by atoms with E-state index < -0.39 is 11.7 Å². The van der Waals surface area contributed by atoms with Gasteiger partial charge in [-0.05, 0) is 44.9 Å². The average Bonchev–Trinajstić information content (AvgIpc) is 2.24. The average molecular weight is 315 g/mol. The predicted molar refractivity (Wildman–Crippen MR) is 74.2 cm³/mol. The second-order valence-corrected chi connectivity index (χ2v) is 6.11. The molecular weight excluding hydrogens is 296 g/mol. The van der Waals surface area contributed by atoms with Crippen molar-refractivity contribution in [2.75, 3.05) is 0 Å². The number of benzene rings is 1. The van der Waals surface area contributed by atoms with E-state index >= 15 is 0 Å². The molecule has 0 amide bonds. The number of carbonyl (C=O) groups is 1. The largest absolute Gasteiger partial charge is 0.460 e. The van der Waals surface area contributed by atoms with Crippen LogP contribution in [0.4, 0.5) is 0 Å². The van der Waals surface area contributed by atoms with E-state index in [0.717, 1.165) is 10.0 Å². The first-order valence-electron chi connectivity index (χ1n) is 5.93. The molecule has 18 heavy (non-hydrogen) atoms. The zero-order valence-electron chi connectivity index (χ0n) is 10.9. The summed E-state index contributed by atoms with van der Waals surface area (Å²) in [7, 11) is 0. The first-order valence-corrected chi connectivity index (χ1v) is 6.72. The van der Waals surface area contributed by atoms with Crippen molar-refractivity contribution in [3.8, 4) is 0 Å². The summed E-state index contributed by atoms with van der Waals surface area (Å²) in [6, 6.07) is 7.41. The predicted octanol–water partition coefficient (Wildman–Crippen LogP) is 3.60. The topological polar surface area (TPSA) is 46.5 Å². The number of halogens is 1. The minimum Gasteiger partial charge on any atom is -0.460 e. The molecule has 3 nitrogen and oxygen atoms in total. The van der Waals surface area contributed by atoms with Crippen LogP contribution >= 0.6 is 15.9 Å². The van der Waals surface area contributed by atoms with E-state index in [1.807, 2.05) is 45.0 Å². The summed E-state index contributed by atoms with van der Waals surface area (Å²) < 4.78 is 6.15. The van der Waals surface area contributed by atoms with Gasteiger partial charge in [-0.3, -0.25) is 4.79 Å². The van der Waals surface area contributed by atoms with Gasteiger partial charge in [-0.1, -0.05) is 28.1 Å². The van der Waals surface area contributed by atoms with Gasteiger partial charge in [-0.2, -0.15) is 0 Å². The van der Waals surface area contributed by atoms with Gasteiger partial charge in [-0.15, -0.1) is 0 Å². The summed E-state index contributed by atoms with van der Waals surface area (Å²) in [6.45, 7) is 5.49. The highest BCUT2D eigenvalue weighted by molar-refractivity contribution is 9.10. The lowest BCUT2D eigenvalue weighted by Gasteiger charge is -2.20. The smallest absolute Gasteiger partial charge is 0.306 e. The monoisotopic (exact) mass is 314 g/mol. The Bertz CT molecular complexity index is 392. The zero-order valence-corrected chi connectivity index (χ0v) is 12.5. The van der Waals surface area contributed by atoms with Crippen molar-refractivity contribution < 1.29 is 14.6 Å². The molecule has 4 heteroatoms.